The Morgan fingerprint density at radius 3 is 2.46 bits per heavy atom. The van der Waals surface area contributed by atoms with Crippen molar-refractivity contribution in [3.8, 4) is 11.5 Å². The Balaban J connectivity index is 1.83. The fourth-order valence-corrected chi connectivity index (χ4v) is 2.57. The molecule has 0 saturated heterocycles. The topological polar surface area (TPSA) is 99.3 Å². The van der Waals surface area contributed by atoms with Gasteiger partial charge in [0.2, 0.25) is 5.91 Å². The number of hydrogen-bond acceptors (Lipinski definition) is 5. The van der Waals surface area contributed by atoms with Crippen molar-refractivity contribution in [2.75, 3.05) is 5.32 Å². The molecule has 3 rings (SSSR count). The van der Waals surface area contributed by atoms with Gasteiger partial charge in [-0.15, -0.1) is 0 Å². The molecule has 0 aliphatic carbocycles. The van der Waals surface area contributed by atoms with E-state index >= 15 is 0 Å². The van der Waals surface area contributed by atoms with Gasteiger partial charge in [-0.3, -0.25) is 19.6 Å². The SMILES string of the molecule is Cc1ccc(Oc2cc(NC(=O)C(C)n3cc(C)cn3)cc([N+](=O)[O-])c2)cc1. The van der Waals surface area contributed by atoms with Gasteiger partial charge in [0, 0.05) is 18.3 Å². The van der Waals surface area contributed by atoms with E-state index in [4.69, 9.17) is 4.74 Å². The lowest BCUT2D eigenvalue weighted by molar-refractivity contribution is -0.384. The van der Waals surface area contributed by atoms with Crippen molar-refractivity contribution < 1.29 is 14.5 Å². The number of amides is 1. The number of nitrogens with zero attached hydrogens (tertiary/aromatic N) is 3. The van der Waals surface area contributed by atoms with Crippen LogP contribution in [0.15, 0.2) is 54.9 Å². The largest absolute Gasteiger partial charge is 0.457 e. The number of benzene rings is 2. The lowest BCUT2D eigenvalue weighted by Crippen LogP contribution is -2.24. The van der Waals surface area contributed by atoms with E-state index in [9.17, 15) is 14.9 Å². The average Bonchev–Trinajstić information content (AvgIpc) is 3.09. The van der Waals surface area contributed by atoms with Gasteiger partial charge in [-0.2, -0.15) is 5.10 Å². The number of hydrogen-bond donors (Lipinski definition) is 1. The van der Waals surface area contributed by atoms with Crippen LogP contribution < -0.4 is 10.1 Å². The van der Waals surface area contributed by atoms with Crippen molar-refractivity contribution in [1.29, 1.82) is 0 Å². The molecule has 0 aliphatic rings. The van der Waals surface area contributed by atoms with Crippen LogP contribution in [0.5, 0.6) is 11.5 Å². The lowest BCUT2D eigenvalue weighted by Gasteiger charge is -2.14. The van der Waals surface area contributed by atoms with Crippen LogP contribution in [-0.4, -0.2) is 20.6 Å². The maximum Gasteiger partial charge on any atom is 0.275 e. The van der Waals surface area contributed by atoms with Gasteiger partial charge in [0.25, 0.3) is 5.69 Å². The number of anilines is 1. The minimum Gasteiger partial charge on any atom is -0.457 e. The van der Waals surface area contributed by atoms with Crippen LogP contribution in [-0.2, 0) is 4.79 Å². The molecular formula is C20H20N4O4. The second kappa shape index (κ2) is 7.91. The fourth-order valence-electron chi connectivity index (χ4n) is 2.57. The minimum atomic E-state index is -0.575. The smallest absolute Gasteiger partial charge is 0.275 e. The van der Waals surface area contributed by atoms with Crippen LogP contribution in [0.3, 0.4) is 0 Å². The first-order chi connectivity index (χ1) is 13.3. The Hall–Kier alpha value is -3.68. The van der Waals surface area contributed by atoms with E-state index in [-0.39, 0.29) is 23.0 Å². The summed E-state index contributed by atoms with van der Waals surface area (Å²) in [4.78, 5) is 23.3. The first-order valence-corrected chi connectivity index (χ1v) is 8.67. The van der Waals surface area contributed by atoms with Gasteiger partial charge in [-0.05, 0) is 38.5 Å². The molecule has 1 N–H and O–H groups in total. The number of nitrogens with one attached hydrogen (secondary N) is 1. The van der Waals surface area contributed by atoms with Gasteiger partial charge in [0.15, 0.2) is 0 Å². The van der Waals surface area contributed by atoms with Crippen LogP contribution >= 0.6 is 0 Å². The summed E-state index contributed by atoms with van der Waals surface area (Å²) in [6.07, 6.45) is 3.41. The number of nitro groups is 1. The van der Waals surface area contributed by atoms with Crippen molar-refractivity contribution in [2.24, 2.45) is 0 Å². The number of non-ortho nitro benzene ring substituents is 1. The third-order valence-corrected chi connectivity index (χ3v) is 4.13. The number of carbonyl (C=O) groups is 1. The maximum absolute atomic E-state index is 12.5. The van der Waals surface area contributed by atoms with Crippen molar-refractivity contribution in [3.63, 3.8) is 0 Å². The number of nitro benzene ring substituents is 1. The monoisotopic (exact) mass is 380 g/mol. The molecule has 2 aromatic carbocycles. The summed E-state index contributed by atoms with van der Waals surface area (Å²) in [6, 6.07) is 10.9. The predicted molar refractivity (Wildman–Crippen MR) is 105 cm³/mol. The zero-order valence-corrected chi connectivity index (χ0v) is 15.7. The highest BCUT2D eigenvalue weighted by Crippen LogP contribution is 2.30. The highest BCUT2D eigenvalue weighted by molar-refractivity contribution is 5.94. The van der Waals surface area contributed by atoms with Crippen LogP contribution in [0.25, 0.3) is 0 Å². The summed E-state index contributed by atoms with van der Waals surface area (Å²) in [7, 11) is 0. The van der Waals surface area contributed by atoms with Crippen LogP contribution in [0.1, 0.15) is 24.1 Å². The highest BCUT2D eigenvalue weighted by atomic mass is 16.6. The molecule has 1 heterocycles. The first-order valence-electron chi connectivity index (χ1n) is 8.67. The van der Waals surface area contributed by atoms with Gasteiger partial charge < -0.3 is 10.1 Å². The number of aryl methyl sites for hydroxylation is 2. The molecule has 8 heteroatoms. The second-order valence-corrected chi connectivity index (χ2v) is 6.55. The van der Waals surface area contributed by atoms with Crippen LogP contribution in [0, 0.1) is 24.0 Å². The molecule has 0 saturated carbocycles. The lowest BCUT2D eigenvalue weighted by atomic mass is 10.2. The summed E-state index contributed by atoms with van der Waals surface area (Å²) >= 11 is 0. The highest BCUT2D eigenvalue weighted by Gasteiger charge is 2.18. The Morgan fingerprint density at radius 1 is 1.14 bits per heavy atom. The Bertz CT molecular complexity index is 1010. The molecule has 1 unspecified atom stereocenters. The molecule has 1 aromatic heterocycles. The summed E-state index contributed by atoms with van der Waals surface area (Å²) in [5, 5.41) is 18.1. The van der Waals surface area contributed by atoms with Crippen LogP contribution in [0.4, 0.5) is 11.4 Å². The maximum atomic E-state index is 12.5. The van der Waals surface area contributed by atoms with E-state index in [1.807, 2.05) is 26.0 Å². The number of aromatic nitrogens is 2. The summed E-state index contributed by atoms with van der Waals surface area (Å²) in [6.45, 7) is 5.53. The minimum absolute atomic E-state index is 0.178. The molecule has 28 heavy (non-hydrogen) atoms. The molecule has 0 fully saturated rings. The molecule has 0 radical (unpaired) electrons. The molecule has 1 amide bonds. The molecule has 8 nitrogen and oxygen atoms in total. The standard InChI is InChI=1S/C20H20N4O4/c1-13-4-6-18(7-5-13)28-19-9-16(8-17(10-19)24(26)27)22-20(25)15(3)23-12-14(2)11-21-23/h4-12,15H,1-3H3,(H,22,25). The zero-order valence-electron chi connectivity index (χ0n) is 15.7. The molecule has 0 spiro atoms. The van der Waals surface area contributed by atoms with Gasteiger partial charge in [0.1, 0.15) is 17.5 Å². The number of rotatable bonds is 6. The van der Waals surface area contributed by atoms with Crippen molar-refractivity contribution in [2.45, 2.75) is 26.8 Å². The zero-order chi connectivity index (χ0) is 20.3. The first kappa shape index (κ1) is 19.1. The summed E-state index contributed by atoms with van der Waals surface area (Å²) in [5.74, 6) is 0.463. The van der Waals surface area contributed by atoms with Gasteiger partial charge in [-0.1, -0.05) is 17.7 Å². The molecule has 144 valence electrons. The third kappa shape index (κ3) is 4.53. The van der Waals surface area contributed by atoms with Crippen molar-refractivity contribution in [3.05, 3.63) is 76.1 Å². The Morgan fingerprint density at radius 2 is 1.86 bits per heavy atom. The number of ether oxygens (including phenoxy) is 1. The van der Waals surface area contributed by atoms with Gasteiger partial charge in [0.05, 0.1) is 22.9 Å². The summed E-state index contributed by atoms with van der Waals surface area (Å²) in [5.41, 5.74) is 2.10. The van der Waals surface area contributed by atoms with Crippen molar-refractivity contribution in [1.82, 2.24) is 9.78 Å². The van der Waals surface area contributed by atoms with E-state index in [1.54, 1.807) is 37.5 Å². The van der Waals surface area contributed by atoms with E-state index in [0.717, 1.165) is 11.1 Å². The Kier molecular flexibility index (Phi) is 5.39. The molecule has 0 bridgehead atoms. The van der Waals surface area contributed by atoms with E-state index in [2.05, 4.69) is 10.4 Å². The molecular weight excluding hydrogens is 360 g/mol. The van der Waals surface area contributed by atoms with E-state index < -0.39 is 11.0 Å². The Labute approximate surface area is 161 Å². The van der Waals surface area contributed by atoms with Gasteiger partial charge >= 0.3 is 0 Å². The normalized spacial score (nSPS) is 11.7. The van der Waals surface area contributed by atoms with Crippen LogP contribution in [0.2, 0.25) is 0 Å². The van der Waals surface area contributed by atoms with Gasteiger partial charge in [-0.25, -0.2) is 0 Å². The molecule has 0 aliphatic heterocycles. The fraction of sp³-hybridized carbons (Fsp3) is 0.200. The average molecular weight is 380 g/mol. The molecule has 3 aromatic rings. The third-order valence-electron chi connectivity index (χ3n) is 4.13. The molecule has 1 atom stereocenters. The number of carbonyl (C=O) groups excluding carboxylic acids is 1. The summed E-state index contributed by atoms with van der Waals surface area (Å²) < 4.78 is 7.26. The predicted octanol–water partition coefficient (Wildman–Crippen LogP) is 4.40. The quantitative estimate of drug-likeness (QED) is 0.505. The van der Waals surface area contributed by atoms with E-state index in [0.29, 0.717) is 5.75 Å². The van der Waals surface area contributed by atoms with E-state index in [1.165, 1.54) is 16.8 Å². The van der Waals surface area contributed by atoms with Crippen molar-refractivity contribution >= 4 is 17.3 Å². The second-order valence-electron chi connectivity index (χ2n) is 6.55.